The van der Waals surface area contributed by atoms with Crippen LogP contribution in [-0.2, 0) is 11.8 Å². The van der Waals surface area contributed by atoms with E-state index in [1.54, 1.807) is 0 Å². The Morgan fingerprint density at radius 2 is 1.32 bits per heavy atom. The number of furan rings is 1. The molecule has 0 saturated heterocycles. The minimum absolute atomic E-state index is 0.0738. The normalized spacial score (nSPS) is 20.0. The lowest BCUT2D eigenvalue weighted by atomic mass is 9.81. The largest absolute Gasteiger partial charge is 0.456 e. The van der Waals surface area contributed by atoms with Gasteiger partial charge in [0.05, 0.1) is 0 Å². The second kappa shape index (κ2) is 12.0. The quantitative estimate of drug-likeness (QED) is 0.174. The van der Waals surface area contributed by atoms with E-state index in [-0.39, 0.29) is 5.41 Å². The van der Waals surface area contributed by atoms with Gasteiger partial charge < -0.3 is 4.42 Å². The first-order chi connectivity index (χ1) is 24.5. The maximum atomic E-state index is 6.25. The average Bonchev–Trinajstić information content (AvgIpc) is 3.62. The van der Waals surface area contributed by atoms with Gasteiger partial charge in [-0.2, -0.15) is 0 Å². The first-order valence-electron chi connectivity index (χ1n) is 17.9. The highest BCUT2D eigenvalue weighted by Crippen LogP contribution is 2.46. The van der Waals surface area contributed by atoms with Crippen molar-refractivity contribution >= 4 is 65.4 Å². The lowest BCUT2D eigenvalue weighted by molar-refractivity contribution is 0.645. The van der Waals surface area contributed by atoms with Gasteiger partial charge in [0.1, 0.15) is 11.2 Å². The van der Waals surface area contributed by atoms with Crippen LogP contribution in [0.4, 0.5) is 0 Å². The van der Waals surface area contributed by atoms with Crippen molar-refractivity contribution in [1.29, 1.82) is 0 Å². The van der Waals surface area contributed by atoms with Gasteiger partial charge in [0.2, 0.25) is 0 Å². The summed E-state index contributed by atoms with van der Waals surface area (Å²) in [6, 6.07) is 35.7. The van der Waals surface area contributed by atoms with Crippen molar-refractivity contribution in [2.45, 2.75) is 45.4 Å². The molecule has 0 saturated carbocycles. The lowest BCUT2D eigenvalue weighted by Gasteiger charge is -2.22. The molecule has 0 aliphatic heterocycles. The molecule has 0 radical (unpaired) electrons. The van der Waals surface area contributed by atoms with Crippen LogP contribution in [0.25, 0.3) is 65.4 Å². The van der Waals surface area contributed by atoms with Crippen LogP contribution in [0.15, 0.2) is 162 Å². The second-order valence-electron chi connectivity index (χ2n) is 14.4. The van der Waals surface area contributed by atoms with Crippen molar-refractivity contribution in [1.82, 2.24) is 0 Å². The Balaban J connectivity index is 1.15. The zero-order valence-electron chi connectivity index (χ0n) is 29.0. The average molecular weight is 645 g/mol. The fourth-order valence-electron chi connectivity index (χ4n) is 8.40. The van der Waals surface area contributed by atoms with Crippen LogP contribution in [0.5, 0.6) is 0 Å². The summed E-state index contributed by atoms with van der Waals surface area (Å²) < 4.78 is 6.25. The van der Waals surface area contributed by atoms with E-state index < -0.39 is 0 Å². The molecule has 1 heterocycles. The van der Waals surface area contributed by atoms with E-state index in [2.05, 4.69) is 166 Å². The fourth-order valence-corrected chi connectivity index (χ4v) is 8.40. The molecule has 0 N–H and O–H groups in total. The lowest BCUT2D eigenvalue weighted by Crippen LogP contribution is -2.15. The Hall–Kier alpha value is -5.66. The van der Waals surface area contributed by atoms with Crippen LogP contribution in [-0.4, -0.2) is 0 Å². The number of rotatable bonds is 3. The molecule has 1 nitrogen and oxygen atoms in total. The molecule has 0 fully saturated rings. The smallest absolute Gasteiger partial charge is 0.136 e. The highest BCUT2D eigenvalue weighted by molar-refractivity contribution is 6.16. The van der Waals surface area contributed by atoms with Gasteiger partial charge in [0.25, 0.3) is 0 Å². The molecule has 7 aromatic rings. The van der Waals surface area contributed by atoms with Gasteiger partial charge in [0.15, 0.2) is 0 Å². The Kier molecular flexibility index (Phi) is 7.32. The maximum Gasteiger partial charge on any atom is 0.136 e. The predicted octanol–water partition coefficient (Wildman–Crippen LogP) is 13.8. The third-order valence-corrected chi connectivity index (χ3v) is 11.0. The summed E-state index contributed by atoms with van der Waals surface area (Å²) in [4.78, 5) is 0. The van der Waals surface area contributed by atoms with E-state index in [0.29, 0.717) is 0 Å². The third-order valence-electron chi connectivity index (χ3n) is 11.0. The van der Waals surface area contributed by atoms with Crippen LogP contribution >= 0.6 is 0 Å². The second-order valence-corrected chi connectivity index (χ2v) is 14.4. The van der Waals surface area contributed by atoms with E-state index in [1.807, 2.05) is 6.07 Å². The number of benzene rings is 6. The standard InChI is InChI=1S/C49H40O/c1-32(47-39-20-11-13-22-41(39)48(42-23-14-12-21-40(42)47)33-17-9-7-5-4-6-8-10-18-33)25-26-37-28-36-27-34-29-43-38-19-15-16-24-45(38)50-46(43)31-35(34)30-44(36)49(37,2)3/h4-5,7-16,18-27,29-31H,6,17,28H2,1-3H3/b5-4-,9-7-,10-8-,32-25+,33-18+,37-26+. The summed E-state index contributed by atoms with van der Waals surface area (Å²) >= 11 is 0. The van der Waals surface area contributed by atoms with Crippen LogP contribution in [0.2, 0.25) is 0 Å². The molecule has 0 atom stereocenters. The molecule has 2 aliphatic rings. The molecule has 9 rings (SSSR count). The molecule has 50 heavy (non-hydrogen) atoms. The van der Waals surface area contributed by atoms with E-state index in [4.69, 9.17) is 4.42 Å². The van der Waals surface area contributed by atoms with E-state index in [1.165, 1.54) is 82.1 Å². The topological polar surface area (TPSA) is 13.1 Å². The van der Waals surface area contributed by atoms with Crippen molar-refractivity contribution in [2.24, 2.45) is 0 Å². The number of fused-ring (bicyclic) bond motifs is 7. The number of hydrogen-bond acceptors (Lipinski definition) is 1. The van der Waals surface area contributed by atoms with Gasteiger partial charge in [-0.05, 0) is 116 Å². The Morgan fingerprint density at radius 1 is 0.660 bits per heavy atom. The molecular formula is C49H40O. The van der Waals surface area contributed by atoms with Crippen molar-refractivity contribution in [3.05, 3.63) is 180 Å². The monoisotopic (exact) mass is 644 g/mol. The Labute approximate surface area is 293 Å². The Bertz CT molecular complexity index is 2640. The molecule has 1 aromatic heterocycles. The molecule has 0 unspecified atom stereocenters. The van der Waals surface area contributed by atoms with E-state index in [9.17, 15) is 0 Å². The molecular weight excluding hydrogens is 605 g/mol. The Morgan fingerprint density at radius 3 is 2.10 bits per heavy atom. The number of allylic oxidation sites excluding steroid dienone is 12. The van der Waals surface area contributed by atoms with Crippen LogP contribution in [0.1, 0.15) is 55.9 Å². The SMILES string of the molecule is C/C(=C\C=C1/Cc2cc3cc4c(cc3cc2C1(C)C)oc1ccccc14)c1c2ccccc2c(/C2=C/C=C\C/C=C\C=C/C2)c2ccccc12. The highest BCUT2D eigenvalue weighted by atomic mass is 16.3. The first-order valence-corrected chi connectivity index (χ1v) is 17.9. The van der Waals surface area contributed by atoms with Crippen LogP contribution in [0.3, 0.4) is 0 Å². The van der Waals surface area contributed by atoms with Gasteiger partial charge >= 0.3 is 0 Å². The van der Waals surface area contributed by atoms with Crippen molar-refractivity contribution < 1.29 is 4.42 Å². The van der Waals surface area contributed by atoms with E-state index >= 15 is 0 Å². The third kappa shape index (κ3) is 5.00. The van der Waals surface area contributed by atoms with Crippen molar-refractivity contribution in [2.75, 3.05) is 0 Å². The summed E-state index contributed by atoms with van der Waals surface area (Å²) in [6.45, 7) is 7.05. The predicted molar refractivity (Wildman–Crippen MR) is 216 cm³/mol. The van der Waals surface area contributed by atoms with Crippen molar-refractivity contribution in [3.63, 3.8) is 0 Å². The van der Waals surface area contributed by atoms with Gasteiger partial charge in [-0.15, -0.1) is 0 Å². The molecule has 242 valence electrons. The zero-order valence-corrected chi connectivity index (χ0v) is 29.0. The molecule has 2 aliphatic carbocycles. The van der Waals surface area contributed by atoms with Gasteiger partial charge in [-0.1, -0.05) is 147 Å². The molecule has 0 bridgehead atoms. The maximum absolute atomic E-state index is 6.25. The van der Waals surface area contributed by atoms with Crippen molar-refractivity contribution in [3.8, 4) is 0 Å². The van der Waals surface area contributed by atoms with Crippen LogP contribution in [0, 0.1) is 0 Å². The summed E-state index contributed by atoms with van der Waals surface area (Å²) in [7, 11) is 0. The number of para-hydroxylation sites is 1. The highest BCUT2D eigenvalue weighted by Gasteiger charge is 2.34. The number of hydrogen-bond donors (Lipinski definition) is 0. The summed E-state index contributed by atoms with van der Waals surface area (Å²) in [5.74, 6) is 0. The van der Waals surface area contributed by atoms with Gasteiger partial charge in [0, 0.05) is 16.2 Å². The van der Waals surface area contributed by atoms with Crippen LogP contribution < -0.4 is 0 Å². The fraction of sp³-hybridized carbons (Fsp3) is 0.143. The van der Waals surface area contributed by atoms with E-state index in [0.717, 1.165) is 30.4 Å². The summed E-state index contributed by atoms with van der Waals surface area (Å²) in [5.41, 5.74) is 11.4. The molecule has 6 aromatic carbocycles. The van der Waals surface area contributed by atoms with Gasteiger partial charge in [-0.3, -0.25) is 0 Å². The molecule has 1 heteroatoms. The van der Waals surface area contributed by atoms with Gasteiger partial charge in [-0.25, -0.2) is 0 Å². The zero-order chi connectivity index (χ0) is 33.8. The molecule has 0 spiro atoms. The molecule has 0 amide bonds. The first kappa shape index (κ1) is 30.4. The summed E-state index contributed by atoms with van der Waals surface area (Å²) in [6.07, 6.45) is 23.1. The summed E-state index contributed by atoms with van der Waals surface area (Å²) in [5, 5.41) is 10.1. The minimum atomic E-state index is -0.0738. The minimum Gasteiger partial charge on any atom is -0.456 e.